The standard InChI is InChI=1S/C21H23N3O5S2/c1-12(2)24-15-7-6-14(10-19(15)30-21(24)26)22-20(25)18-11-23(31(4,27)28)16-9-13(3)5-8-17(16)29-18/h5-10,12,18H,11H2,1-4H3,(H,22,25)/t18-/m0/s1. The molecule has 1 atom stereocenters. The molecule has 0 spiro atoms. The van der Waals surface area contributed by atoms with Crippen molar-refractivity contribution in [3.05, 3.63) is 51.6 Å². The average Bonchev–Trinajstić information content (AvgIpc) is 3.01. The van der Waals surface area contributed by atoms with Gasteiger partial charge in [0, 0.05) is 11.7 Å². The van der Waals surface area contributed by atoms with E-state index in [1.54, 1.807) is 41.0 Å². The Morgan fingerprint density at radius 1 is 1.23 bits per heavy atom. The van der Waals surface area contributed by atoms with Crippen LogP contribution in [-0.4, -0.2) is 37.8 Å². The van der Waals surface area contributed by atoms with Gasteiger partial charge in [0.2, 0.25) is 10.0 Å². The van der Waals surface area contributed by atoms with Crippen molar-refractivity contribution in [2.45, 2.75) is 32.9 Å². The lowest BCUT2D eigenvalue weighted by molar-refractivity contribution is -0.122. The third-order valence-corrected chi connectivity index (χ3v) is 7.14. The third-order valence-electron chi connectivity index (χ3n) is 5.07. The molecule has 0 unspecified atom stereocenters. The Balaban J connectivity index is 1.61. The van der Waals surface area contributed by atoms with E-state index in [2.05, 4.69) is 5.32 Å². The molecule has 8 nitrogen and oxygen atoms in total. The summed E-state index contributed by atoms with van der Waals surface area (Å²) in [6.45, 7) is 5.62. The van der Waals surface area contributed by atoms with Gasteiger partial charge < -0.3 is 10.1 Å². The van der Waals surface area contributed by atoms with Gasteiger partial charge >= 0.3 is 4.87 Å². The van der Waals surface area contributed by atoms with Crippen molar-refractivity contribution in [3.8, 4) is 5.75 Å². The molecule has 0 fully saturated rings. The number of carbonyl (C=O) groups is 1. The van der Waals surface area contributed by atoms with Crippen LogP contribution >= 0.6 is 11.3 Å². The molecule has 0 saturated carbocycles. The number of aryl methyl sites for hydroxylation is 1. The van der Waals surface area contributed by atoms with Gasteiger partial charge in [-0.15, -0.1) is 0 Å². The second kappa shape index (κ2) is 7.69. The van der Waals surface area contributed by atoms with E-state index in [9.17, 15) is 18.0 Å². The van der Waals surface area contributed by atoms with Crippen molar-refractivity contribution in [1.29, 1.82) is 0 Å². The topological polar surface area (TPSA) is 97.7 Å². The minimum absolute atomic E-state index is 0.0306. The summed E-state index contributed by atoms with van der Waals surface area (Å²) in [4.78, 5) is 25.1. The second-order valence-corrected chi connectivity index (χ2v) is 10.8. The van der Waals surface area contributed by atoms with Gasteiger partial charge in [0.25, 0.3) is 5.91 Å². The molecule has 31 heavy (non-hydrogen) atoms. The van der Waals surface area contributed by atoms with Crippen LogP contribution in [0.1, 0.15) is 25.5 Å². The van der Waals surface area contributed by atoms with Crippen LogP contribution < -0.4 is 19.2 Å². The molecule has 0 radical (unpaired) electrons. The minimum Gasteiger partial charge on any atom is -0.476 e. The van der Waals surface area contributed by atoms with E-state index in [0.29, 0.717) is 17.1 Å². The molecule has 1 aliphatic heterocycles. The monoisotopic (exact) mass is 461 g/mol. The number of carbonyl (C=O) groups excluding carboxylic acids is 1. The van der Waals surface area contributed by atoms with Gasteiger partial charge in [-0.3, -0.25) is 18.5 Å². The number of nitrogens with one attached hydrogen (secondary N) is 1. The molecule has 164 valence electrons. The predicted molar refractivity (Wildman–Crippen MR) is 123 cm³/mol. The normalized spacial score (nSPS) is 16.3. The SMILES string of the molecule is Cc1ccc2c(c1)N(S(C)(=O)=O)C[C@@H](C(=O)Nc1ccc3c(c1)sc(=O)n3C(C)C)O2. The molecule has 1 aliphatic rings. The Kier molecular flexibility index (Phi) is 5.30. The number of ether oxygens (including phenoxy) is 1. The number of hydrogen-bond acceptors (Lipinski definition) is 6. The van der Waals surface area contributed by atoms with Crippen molar-refractivity contribution >= 4 is 48.9 Å². The van der Waals surface area contributed by atoms with Crippen LogP contribution in [0.2, 0.25) is 0 Å². The molecular weight excluding hydrogens is 438 g/mol. The van der Waals surface area contributed by atoms with Gasteiger partial charge in [-0.05, 0) is 56.7 Å². The number of sulfonamides is 1. The van der Waals surface area contributed by atoms with Crippen LogP contribution in [0.25, 0.3) is 10.2 Å². The van der Waals surface area contributed by atoms with Crippen molar-refractivity contribution in [3.63, 3.8) is 0 Å². The third kappa shape index (κ3) is 4.05. The lowest BCUT2D eigenvalue weighted by Gasteiger charge is -2.34. The predicted octanol–water partition coefficient (Wildman–Crippen LogP) is 3.12. The van der Waals surface area contributed by atoms with Crippen molar-refractivity contribution in [2.24, 2.45) is 0 Å². The Bertz CT molecular complexity index is 1340. The Morgan fingerprint density at radius 3 is 2.65 bits per heavy atom. The van der Waals surface area contributed by atoms with Gasteiger partial charge in [-0.25, -0.2) is 8.42 Å². The number of hydrogen-bond donors (Lipinski definition) is 1. The molecule has 0 bridgehead atoms. The Morgan fingerprint density at radius 2 is 1.97 bits per heavy atom. The summed E-state index contributed by atoms with van der Waals surface area (Å²) in [7, 11) is -3.60. The Hall–Kier alpha value is -2.85. The maximum atomic E-state index is 12.9. The number of fused-ring (bicyclic) bond motifs is 2. The van der Waals surface area contributed by atoms with E-state index in [0.717, 1.165) is 33.4 Å². The summed E-state index contributed by atoms with van der Waals surface area (Å²) in [6, 6.07) is 10.5. The number of amides is 1. The highest BCUT2D eigenvalue weighted by atomic mass is 32.2. The van der Waals surface area contributed by atoms with Gasteiger partial charge in [-0.1, -0.05) is 17.4 Å². The van der Waals surface area contributed by atoms with E-state index in [-0.39, 0.29) is 17.5 Å². The first-order chi connectivity index (χ1) is 14.5. The lowest BCUT2D eigenvalue weighted by Crippen LogP contribution is -2.48. The zero-order chi connectivity index (χ0) is 22.5. The molecule has 3 aromatic rings. The minimum atomic E-state index is -3.60. The number of nitrogens with zero attached hydrogens (tertiary/aromatic N) is 2. The quantitative estimate of drug-likeness (QED) is 0.644. The molecule has 4 rings (SSSR count). The van der Waals surface area contributed by atoms with Crippen LogP contribution in [0.3, 0.4) is 0 Å². The van der Waals surface area contributed by atoms with Gasteiger partial charge in [0.05, 0.1) is 28.7 Å². The molecule has 1 amide bonds. The van der Waals surface area contributed by atoms with Crippen molar-refractivity contribution in [1.82, 2.24) is 4.57 Å². The fraction of sp³-hybridized carbons (Fsp3) is 0.333. The number of rotatable bonds is 4. The van der Waals surface area contributed by atoms with E-state index in [4.69, 9.17) is 4.74 Å². The van der Waals surface area contributed by atoms with Crippen molar-refractivity contribution < 1.29 is 17.9 Å². The number of aromatic nitrogens is 1. The zero-order valence-corrected chi connectivity index (χ0v) is 19.2. The molecule has 10 heteroatoms. The van der Waals surface area contributed by atoms with Crippen LogP contribution in [-0.2, 0) is 14.8 Å². The number of thiazole rings is 1. The summed E-state index contributed by atoms with van der Waals surface area (Å²) >= 11 is 1.12. The molecule has 2 heterocycles. The second-order valence-electron chi connectivity index (χ2n) is 7.88. The Labute approximate surface area is 184 Å². The fourth-order valence-electron chi connectivity index (χ4n) is 3.64. The highest BCUT2D eigenvalue weighted by Crippen LogP contribution is 2.36. The van der Waals surface area contributed by atoms with Gasteiger partial charge in [0.1, 0.15) is 5.75 Å². The number of benzene rings is 2. The van der Waals surface area contributed by atoms with Gasteiger partial charge in [0.15, 0.2) is 6.10 Å². The molecule has 0 saturated heterocycles. The van der Waals surface area contributed by atoms with Crippen LogP contribution in [0.15, 0.2) is 41.2 Å². The molecule has 1 aromatic heterocycles. The number of anilines is 2. The largest absolute Gasteiger partial charge is 0.476 e. The first-order valence-electron chi connectivity index (χ1n) is 9.75. The van der Waals surface area contributed by atoms with E-state index < -0.39 is 22.0 Å². The smallest absolute Gasteiger partial charge is 0.308 e. The molecule has 1 N–H and O–H groups in total. The summed E-state index contributed by atoms with van der Waals surface area (Å²) in [5.41, 5.74) is 2.63. The lowest BCUT2D eigenvalue weighted by atomic mass is 10.1. The zero-order valence-electron chi connectivity index (χ0n) is 17.6. The summed E-state index contributed by atoms with van der Waals surface area (Å²) in [6.07, 6.45) is 0.0915. The molecule has 2 aromatic carbocycles. The van der Waals surface area contributed by atoms with E-state index in [1.165, 1.54) is 4.31 Å². The summed E-state index contributed by atoms with van der Waals surface area (Å²) in [5, 5.41) is 2.79. The van der Waals surface area contributed by atoms with Gasteiger partial charge in [-0.2, -0.15) is 0 Å². The van der Waals surface area contributed by atoms with E-state index >= 15 is 0 Å². The van der Waals surface area contributed by atoms with Crippen LogP contribution in [0, 0.1) is 6.92 Å². The summed E-state index contributed by atoms with van der Waals surface area (Å²) in [5.74, 6) is -0.125. The van der Waals surface area contributed by atoms with Crippen LogP contribution in [0.4, 0.5) is 11.4 Å². The first kappa shape index (κ1) is 21.4. The first-order valence-corrected chi connectivity index (χ1v) is 12.4. The molecule has 0 aliphatic carbocycles. The van der Waals surface area contributed by atoms with Crippen molar-refractivity contribution in [2.75, 3.05) is 22.4 Å². The fourth-order valence-corrected chi connectivity index (χ4v) is 5.60. The average molecular weight is 462 g/mol. The maximum Gasteiger partial charge on any atom is 0.308 e. The summed E-state index contributed by atoms with van der Waals surface area (Å²) < 4.78 is 34.1. The van der Waals surface area contributed by atoms with Crippen LogP contribution in [0.5, 0.6) is 5.75 Å². The maximum absolute atomic E-state index is 12.9. The van der Waals surface area contributed by atoms with E-state index in [1.807, 2.05) is 20.8 Å². The highest BCUT2D eigenvalue weighted by Gasteiger charge is 2.35. The molecular formula is C21H23N3O5S2. The highest BCUT2D eigenvalue weighted by molar-refractivity contribution is 7.92.